The third-order valence-electron chi connectivity index (χ3n) is 2.30. The fraction of sp³-hybridized carbons (Fsp3) is 0.154. The van der Waals surface area contributed by atoms with Gasteiger partial charge in [-0.25, -0.2) is 14.8 Å². The summed E-state index contributed by atoms with van der Waals surface area (Å²) >= 11 is 5.71. The van der Waals surface area contributed by atoms with Crippen LogP contribution in [0, 0.1) is 6.92 Å². The van der Waals surface area contributed by atoms with E-state index >= 15 is 0 Å². The van der Waals surface area contributed by atoms with Crippen LogP contribution in [0.1, 0.15) is 21.6 Å². The van der Waals surface area contributed by atoms with Gasteiger partial charge in [-0.15, -0.1) is 0 Å². The Kier molecular flexibility index (Phi) is 3.89. The van der Waals surface area contributed by atoms with Crippen LogP contribution in [0.15, 0.2) is 36.7 Å². The number of carbonyl (C=O) groups excluding carboxylic acids is 1. The van der Waals surface area contributed by atoms with Crippen LogP contribution in [0.3, 0.4) is 0 Å². The lowest BCUT2D eigenvalue weighted by molar-refractivity contribution is 0.0467. The number of hydrogen-bond acceptors (Lipinski definition) is 4. The molecule has 1 heterocycles. The van der Waals surface area contributed by atoms with Crippen LogP contribution in [-0.4, -0.2) is 15.9 Å². The number of benzene rings is 1. The zero-order chi connectivity index (χ0) is 13.0. The molecule has 18 heavy (non-hydrogen) atoms. The second-order valence-corrected chi connectivity index (χ2v) is 4.16. The van der Waals surface area contributed by atoms with Gasteiger partial charge in [0, 0.05) is 6.07 Å². The Hall–Kier alpha value is -1.94. The van der Waals surface area contributed by atoms with E-state index in [0.717, 1.165) is 5.56 Å². The summed E-state index contributed by atoms with van der Waals surface area (Å²) in [6.07, 6.45) is 1.33. The summed E-state index contributed by atoms with van der Waals surface area (Å²) in [5.41, 5.74) is 2.10. The van der Waals surface area contributed by atoms with Gasteiger partial charge in [0.2, 0.25) is 0 Å². The quantitative estimate of drug-likeness (QED) is 0.630. The number of hydrogen-bond donors (Lipinski definition) is 0. The highest BCUT2D eigenvalue weighted by atomic mass is 35.5. The van der Waals surface area contributed by atoms with Gasteiger partial charge < -0.3 is 4.74 Å². The molecule has 0 amide bonds. The topological polar surface area (TPSA) is 52.1 Å². The lowest BCUT2D eigenvalue weighted by Crippen LogP contribution is -2.06. The number of nitrogens with zero attached hydrogens (tertiary/aromatic N) is 2. The summed E-state index contributed by atoms with van der Waals surface area (Å²) in [5, 5.41) is 0.326. The average Bonchev–Trinajstić information content (AvgIpc) is 2.36. The summed E-state index contributed by atoms with van der Waals surface area (Å²) < 4.78 is 5.14. The van der Waals surface area contributed by atoms with Gasteiger partial charge in [-0.05, 0) is 19.1 Å². The van der Waals surface area contributed by atoms with Gasteiger partial charge in [-0.3, -0.25) is 0 Å². The molecule has 4 nitrogen and oxygen atoms in total. The van der Waals surface area contributed by atoms with Crippen LogP contribution in [0.5, 0.6) is 0 Å². The first-order valence-electron chi connectivity index (χ1n) is 5.35. The van der Waals surface area contributed by atoms with Crippen molar-refractivity contribution in [2.45, 2.75) is 13.5 Å². The van der Waals surface area contributed by atoms with E-state index in [9.17, 15) is 4.79 Å². The van der Waals surface area contributed by atoms with E-state index in [2.05, 4.69) is 9.97 Å². The molecule has 0 fully saturated rings. The number of esters is 1. The molecule has 2 aromatic rings. The molecule has 0 N–H and O–H groups in total. The standard InChI is InChI=1S/C13H11ClN2O2/c1-9-3-2-4-10(5-9)13(17)18-7-11-6-12(14)16-8-15-11/h2-6,8H,7H2,1H3. The van der Waals surface area contributed by atoms with Crippen LogP contribution >= 0.6 is 11.6 Å². The molecule has 0 atom stereocenters. The first-order valence-corrected chi connectivity index (χ1v) is 5.73. The number of carbonyl (C=O) groups is 1. The van der Waals surface area contributed by atoms with Gasteiger partial charge in [-0.1, -0.05) is 29.3 Å². The number of halogens is 1. The minimum atomic E-state index is -0.381. The van der Waals surface area contributed by atoms with Gasteiger partial charge in [0.15, 0.2) is 0 Å². The third kappa shape index (κ3) is 3.28. The van der Waals surface area contributed by atoms with Crippen LogP contribution < -0.4 is 0 Å². The second kappa shape index (κ2) is 5.60. The molecule has 0 unspecified atom stereocenters. The zero-order valence-corrected chi connectivity index (χ0v) is 10.5. The molecule has 0 bridgehead atoms. The fourth-order valence-electron chi connectivity index (χ4n) is 1.44. The largest absolute Gasteiger partial charge is 0.456 e. The van der Waals surface area contributed by atoms with Crippen LogP contribution in [-0.2, 0) is 11.3 Å². The van der Waals surface area contributed by atoms with E-state index in [0.29, 0.717) is 16.4 Å². The molecule has 5 heteroatoms. The van der Waals surface area contributed by atoms with Crippen molar-refractivity contribution in [3.05, 3.63) is 58.6 Å². The number of rotatable bonds is 3. The summed E-state index contributed by atoms with van der Waals surface area (Å²) in [6.45, 7) is 2.00. The average molecular weight is 263 g/mol. The van der Waals surface area contributed by atoms with Crippen LogP contribution in [0.25, 0.3) is 0 Å². The van der Waals surface area contributed by atoms with Crippen LogP contribution in [0.4, 0.5) is 0 Å². The van der Waals surface area contributed by atoms with E-state index in [1.54, 1.807) is 18.2 Å². The van der Waals surface area contributed by atoms with Gasteiger partial charge in [0.05, 0.1) is 11.3 Å². The Balaban J connectivity index is 2.00. The highest BCUT2D eigenvalue weighted by molar-refractivity contribution is 6.29. The van der Waals surface area contributed by atoms with Crippen molar-refractivity contribution >= 4 is 17.6 Å². The molecule has 0 aliphatic heterocycles. The Bertz CT molecular complexity index is 572. The number of aromatic nitrogens is 2. The summed E-state index contributed by atoms with van der Waals surface area (Å²) in [4.78, 5) is 19.5. The summed E-state index contributed by atoms with van der Waals surface area (Å²) in [5.74, 6) is -0.381. The Morgan fingerprint density at radius 2 is 2.17 bits per heavy atom. The molecular formula is C13H11ClN2O2. The molecule has 0 aliphatic rings. The zero-order valence-electron chi connectivity index (χ0n) is 9.76. The molecule has 1 aromatic carbocycles. The normalized spacial score (nSPS) is 10.1. The lowest BCUT2D eigenvalue weighted by Gasteiger charge is -2.05. The highest BCUT2D eigenvalue weighted by Gasteiger charge is 2.07. The highest BCUT2D eigenvalue weighted by Crippen LogP contribution is 2.09. The molecule has 0 radical (unpaired) electrons. The summed E-state index contributed by atoms with van der Waals surface area (Å²) in [6, 6.07) is 8.77. The Morgan fingerprint density at radius 3 is 2.89 bits per heavy atom. The number of aryl methyl sites for hydroxylation is 1. The van der Waals surface area contributed by atoms with Gasteiger partial charge in [0.25, 0.3) is 0 Å². The molecule has 2 rings (SSSR count). The minimum Gasteiger partial charge on any atom is -0.456 e. The van der Waals surface area contributed by atoms with Crippen molar-refractivity contribution in [1.29, 1.82) is 0 Å². The lowest BCUT2D eigenvalue weighted by atomic mass is 10.1. The molecular weight excluding hydrogens is 252 g/mol. The van der Waals surface area contributed by atoms with E-state index in [1.807, 2.05) is 19.1 Å². The predicted octanol–water partition coefficient (Wildman–Crippen LogP) is 2.80. The van der Waals surface area contributed by atoms with E-state index < -0.39 is 0 Å². The van der Waals surface area contributed by atoms with Crippen molar-refractivity contribution in [2.75, 3.05) is 0 Å². The van der Waals surface area contributed by atoms with E-state index in [-0.39, 0.29) is 12.6 Å². The Morgan fingerprint density at radius 1 is 1.33 bits per heavy atom. The van der Waals surface area contributed by atoms with Crippen molar-refractivity contribution in [3.8, 4) is 0 Å². The van der Waals surface area contributed by atoms with Crippen LogP contribution in [0.2, 0.25) is 5.15 Å². The molecule has 0 saturated carbocycles. The maximum atomic E-state index is 11.8. The predicted molar refractivity (Wildman–Crippen MR) is 67.3 cm³/mol. The molecule has 1 aromatic heterocycles. The minimum absolute atomic E-state index is 0.0784. The van der Waals surface area contributed by atoms with E-state index in [1.165, 1.54) is 6.33 Å². The van der Waals surface area contributed by atoms with Crippen molar-refractivity contribution in [1.82, 2.24) is 9.97 Å². The first kappa shape index (κ1) is 12.5. The first-order chi connectivity index (χ1) is 8.65. The van der Waals surface area contributed by atoms with Crippen molar-refractivity contribution in [2.24, 2.45) is 0 Å². The second-order valence-electron chi connectivity index (χ2n) is 3.78. The maximum absolute atomic E-state index is 11.8. The summed E-state index contributed by atoms with van der Waals surface area (Å²) in [7, 11) is 0. The third-order valence-corrected chi connectivity index (χ3v) is 2.50. The van der Waals surface area contributed by atoms with E-state index in [4.69, 9.17) is 16.3 Å². The fourth-order valence-corrected chi connectivity index (χ4v) is 1.61. The maximum Gasteiger partial charge on any atom is 0.338 e. The molecule has 92 valence electrons. The van der Waals surface area contributed by atoms with Gasteiger partial charge in [-0.2, -0.15) is 0 Å². The number of ether oxygens (including phenoxy) is 1. The van der Waals surface area contributed by atoms with Gasteiger partial charge in [0.1, 0.15) is 18.1 Å². The molecule has 0 spiro atoms. The Labute approximate surface area is 110 Å². The SMILES string of the molecule is Cc1cccc(C(=O)OCc2cc(Cl)ncn2)c1. The molecule has 0 saturated heterocycles. The molecule has 0 aliphatic carbocycles. The van der Waals surface area contributed by atoms with Crippen molar-refractivity contribution < 1.29 is 9.53 Å². The van der Waals surface area contributed by atoms with Gasteiger partial charge >= 0.3 is 5.97 Å². The van der Waals surface area contributed by atoms with Crippen molar-refractivity contribution in [3.63, 3.8) is 0 Å². The smallest absolute Gasteiger partial charge is 0.338 e. The monoisotopic (exact) mass is 262 g/mol.